The molecule has 1 aromatic carbocycles. The van der Waals surface area contributed by atoms with E-state index in [1.54, 1.807) is 6.92 Å². The third-order valence-corrected chi connectivity index (χ3v) is 4.23. The molecule has 0 bridgehead atoms. The van der Waals surface area contributed by atoms with Crippen LogP contribution in [0.3, 0.4) is 0 Å². The molecule has 0 fully saturated rings. The van der Waals surface area contributed by atoms with Gasteiger partial charge in [-0.15, -0.1) is 10.2 Å². The molecule has 5 nitrogen and oxygen atoms in total. The topological polar surface area (TPSA) is 64.8 Å². The third-order valence-electron chi connectivity index (χ3n) is 2.42. The van der Waals surface area contributed by atoms with E-state index in [1.165, 1.54) is 22.8 Å². The minimum absolute atomic E-state index is 0.300. The van der Waals surface area contributed by atoms with Crippen LogP contribution in [0.5, 0.6) is 0 Å². The van der Waals surface area contributed by atoms with Crippen molar-refractivity contribution in [3.8, 4) is 11.4 Å². The van der Waals surface area contributed by atoms with Crippen LogP contribution in [0, 0.1) is 5.82 Å². The predicted molar refractivity (Wildman–Crippen MR) is 71.8 cm³/mol. The molecule has 9 heteroatoms. The van der Waals surface area contributed by atoms with Crippen molar-refractivity contribution in [1.29, 1.82) is 0 Å². The lowest BCUT2D eigenvalue weighted by molar-refractivity contribution is 0.582. The molecular formula is C10H8BrClFN3O2S. The summed E-state index contributed by atoms with van der Waals surface area (Å²) in [6.45, 7) is 2.04. The van der Waals surface area contributed by atoms with Crippen LogP contribution in [0.15, 0.2) is 27.8 Å². The Kier molecular flexibility index (Phi) is 3.93. The van der Waals surface area contributed by atoms with Gasteiger partial charge in [-0.3, -0.25) is 4.57 Å². The summed E-state index contributed by atoms with van der Waals surface area (Å²) in [5.41, 5.74) is 0.530. The van der Waals surface area contributed by atoms with E-state index in [1.807, 2.05) is 0 Å². The maximum atomic E-state index is 13.1. The Morgan fingerprint density at radius 3 is 2.63 bits per heavy atom. The smallest absolute Gasteiger partial charge is 0.296 e. The number of hydrogen-bond acceptors (Lipinski definition) is 4. The van der Waals surface area contributed by atoms with Crippen molar-refractivity contribution in [3.63, 3.8) is 0 Å². The summed E-state index contributed by atoms with van der Waals surface area (Å²) in [5.74, 6) is -0.114. The van der Waals surface area contributed by atoms with Crippen molar-refractivity contribution in [1.82, 2.24) is 14.8 Å². The molecule has 0 saturated heterocycles. The van der Waals surface area contributed by atoms with Crippen LogP contribution in [0.4, 0.5) is 4.39 Å². The van der Waals surface area contributed by atoms with Crippen LogP contribution >= 0.6 is 26.6 Å². The second-order valence-electron chi connectivity index (χ2n) is 3.61. The average Bonchev–Trinajstić information content (AvgIpc) is 2.72. The first-order valence-corrected chi connectivity index (χ1v) is 8.28. The van der Waals surface area contributed by atoms with E-state index in [9.17, 15) is 12.8 Å². The summed E-state index contributed by atoms with van der Waals surface area (Å²) in [6.07, 6.45) is 0. The Bertz CT molecular complexity index is 732. The molecule has 102 valence electrons. The highest BCUT2D eigenvalue weighted by molar-refractivity contribution is 9.10. The van der Waals surface area contributed by atoms with Gasteiger partial charge in [-0.05, 0) is 41.1 Å². The molecule has 0 N–H and O–H groups in total. The van der Waals surface area contributed by atoms with Crippen LogP contribution in [0.2, 0.25) is 0 Å². The molecular weight excluding hydrogens is 361 g/mol. The first-order chi connectivity index (χ1) is 8.84. The van der Waals surface area contributed by atoms with E-state index >= 15 is 0 Å². The minimum atomic E-state index is -3.98. The summed E-state index contributed by atoms with van der Waals surface area (Å²) < 4.78 is 37.6. The third kappa shape index (κ3) is 2.80. The lowest BCUT2D eigenvalue weighted by Crippen LogP contribution is -2.06. The van der Waals surface area contributed by atoms with Gasteiger partial charge >= 0.3 is 0 Å². The van der Waals surface area contributed by atoms with Crippen LogP contribution in [-0.4, -0.2) is 23.2 Å². The molecule has 0 aliphatic heterocycles. The quantitative estimate of drug-likeness (QED) is 0.782. The van der Waals surface area contributed by atoms with Gasteiger partial charge in [0.15, 0.2) is 5.82 Å². The molecule has 0 saturated carbocycles. The first kappa shape index (κ1) is 14.4. The highest BCUT2D eigenvalue weighted by Gasteiger charge is 2.23. The zero-order chi connectivity index (χ0) is 14.2. The minimum Gasteiger partial charge on any atom is -0.297 e. The van der Waals surface area contributed by atoms with E-state index < -0.39 is 14.9 Å². The average molecular weight is 369 g/mol. The molecule has 0 aliphatic rings. The zero-order valence-electron chi connectivity index (χ0n) is 9.64. The van der Waals surface area contributed by atoms with Gasteiger partial charge < -0.3 is 0 Å². The lowest BCUT2D eigenvalue weighted by atomic mass is 10.2. The second kappa shape index (κ2) is 5.18. The second-order valence-corrected chi connectivity index (χ2v) is 6.93. The van der Waals surface area contributed by atoms with E-state index in [4.69, 9.17) is 10.7 Å². The van der Waals surface area contributed by atoms with E-state index in [0.717, 1.165) is 0 Å². The van der Waals surface area contributed by atoms with Crippen molar-refractivity contribution in [3.05, 3.63) is 28.5 Å². The number of halogens is 3. The molecule has 1 aromatic heterocycles. The molecule has 0 radical (unpaired) electrons. The van der Waals surface area contributed by atoms with Crippen LogP contribution in [0.1, 0.15) is 6.92 Å². The molecule has 2 aromatic rings. The Morgan fingerprint density at radius 2 is 2.11 bits per heavy atom. The van der Waals surface area contributed by atoms with Gasteiger partial charge in [-0.1, -0.05) is 0 Å². The highest BCUT2D eigenvalue weighted by Crippen LogP contribution is 2.29. The summed E-state index contributed by atoms with van der Waals surface area (Å²) in [6, 6.07) is 4.00. The van der Waals surface area contributed by atoms with Crippen LogP contribution in [0.25, 0.3) is 11.4 Å². The summed E-state index contributed by atoms with van der Waals surface area (Å²) in [5, 5.41) is 7.06. The molecule has 1 heterocycles. The van der Waals surface area contributed by atoms with Gasteiger partial charge in [0, 0.05) is 27.3 Å². The Balaban J connectivity index is 2.67. The number of aromatic nitrogens is 3. The normalized spacial score (nSPS) is 11.8. The number of hydrogen-bond donors (Lipinski definition) is 0. The SMILES string of the molecule is CCn1c(-c2ccc(F)cc2Br)nnc1S(=O)(=O)Cl. The van der Waals surface area contributed by atoms with Crippen LogP contribution in [-0.2, 0) is 15.6 Å². The van der Waals surface area contributed by atoms with Gasteiger partial charge in [0.1, 0.15) is 5.82 Å². The monoisotopic (exact) mass is 367 g/mol. The standard InChI is InChI=1S/C10H8BrClFN3O2S/c1-2-16-9(14-15-10(16)19(12,17)18)7-4-3-6(13)5-8(7)11/h3-5H,2H2,1H3. The van der Waals surface area contributed by atoms with Crippen molar-refractivity contribution in [2.45, 2.75) is 18.6 Å². The summed E-state index contributed by atoms with van der Waals surface area (Å²) in [4.78, 5) is 0. The van der Waals surface area contributed by atoms with Crippen molar-refractivity contribution < 1.29 is 12.8 Å². The predicted octanol–water partition coefficient (Wildman–Crippen LogP) is 2.79. The van der Waals surface area contributed by atoms with Gasteiger partial charge in [-0.25, -0.2) is 12.8 Å². The van der Waals surface area contributed by atoms with Crippen molar-refractivity contribution in [2.75, 3.05) is 0 Å². The lowest BCUT2D eigenvalue weighted by Gasteiger charge is -2.07. The van der Waals surface area contributed by atoms with Gasteiger partial charge in [0.2, 0.25) is 0 Å². The highest BCUT2D eigenvalue weighted by atomic mass is 79.9. The maximum Gasteiger partial charge on any atom is 0.296 e. The largest absolute Gasteiger partial charge is 0.297 e. The van der Waals surface area contributed by atoms with Crippen molar-refractivity contribution >= 4 is 35.7 Å². The molecule has 0 spiro atoms. The van der Waals surface area contributed by atoms with E-state index in [2.05, 4.69) is 26.1 Å². The van der Waals surface area contributed by atoms with Crippen LogP contribution < -0.4 is 0 Å². The fourth-order valence-corrected chi connectivity index (χ4v) is 3.11. The zero-order valence-corrected chi connectivity index (χ0v) is 12.8. The van der Waals surface area contributed by atoms with E-state index in [0.29, 0.717) is 22.4 Å². The maximum absolute atomic E-state index is 13.1. The van der Waals surface area contributed by atoms with E-state index in [-0.39, 0.29) is 5.16 Å². The first-order valence-electron chi connectivity index (χ1n) is 5.18. The Hall–Kier alpha value is -0.990. The van der Waals surface area contributed by atoms with Gasteiger partial charge in [0.25, 0.3) is 14.2 Å². The summed E-state index contributed by atoms with van der Waals surface area (Å²) in [7, 11) is 1.30. The molecule has 19 heavy (non-hydrogen) atoms. The number of nitrogens with zero attached hydrogens (tertiary/aromatic N) is 3. The summed E-state index contributed by atoms with van der Waals surface area (Å²) >= 11 is 3.20. The molecule has 2 rings (SSSR count). The number of rotatable bonds is 3. The van der Waals surface area contributed by atoms with Crippen molar-refractivity contribution in [2.24, 2.45) is 0 Å². The Morgan fingerprint density at radius 1 is 1.42 bits per heavy atom. The molecule has 0 atom stereocenters. The number of benzene rings is 1. The fraction of sp³-hybridized carbons (Fsp3) is 0.200. The molecule has 0 aliphatic carbocycles. The fourth-order valence-electron chi connectivity index (χ4n) is 1.62. The van der Waals surface area contributed by atoms with Gasteiger partial charge in [0.05, 0.1) is 0 Å². The molecule has 0 amide bonds. The Labute approximate surface area is 122 Å². The van der Waals surface area contributed by atoms with Gasteiger partial charge in [-0.2, -0.15) is 0 Å². The molecule has 0 unspecified atom stereocenters.